The molecular formula is C16H24N4. The molecule has 4 nitrogen and oxygen atoms in total. The first-order valence-electron chi connectivity index (χ1n) is 7.60. The summed E-state index contributed by atoms with van der Waals surface area (Å²) in [6.45, 7) is 11.2. The Morgan fingerprint density at radius 2 is 2.15 bits per heavy atom. The Balaban J connectivity index is 2.21. The van der Waals surface area contributed by atoms with Gasteiger partial charge in [0.25, 0.3) is 0 Å². The predicted octanol–water partition coefficient (Wildman–Crippen LogP) is 3.34. The summed E-state index contributed by atoms with van der Waals surface area (Å²) in [4.78, 5) is 12.0. The monoisotopic (exact) mass is 272 g/mol. The van der Waals surface area contributed by atoms with Crippen LogP contribution in [0.4, 0.5) is 0 Å². The number of imidazole rings is 1. The van der Waals surface area contributed by atoms with Crippen LogP contribution in [0.3, 0.4) is 0 Å². The third-order valence-corrected chi connectivity index (χ3v) is 4.15. The van der Waals surface area contributed by atoms with Gasteiger partial charge in [-0.05, 0) is 31.5 Å². The number of hydrogen-bond donors (Lipinski definition) is 0. The maximum Gasteiger partial charge on any atom is 0.161 e. The zero-order chi connectivity index (χ0) is 14.3. The summed E-state index contributed by atoms with van der Waals surface area (Å²) in [5.41, 5.74) is 2.08. The molecule has 1 fully saturated rings. The molecule has 0 N–H and O–H groups in total. The van der Waals surface area contributed by atoms with Crippen molar-refractivity contribution in [1.82, 2.24) is 19.4 Å². The standard InChI is InChI=1S/C16H24N4/c1-5-19-11-7-9-13(19)20-14-12(8-6-10-17-14)18-15(20)16(2,3)4/h6,8,10,13H,5,7,9,11H2,1-4H3. The maximum absolute atomic E-state index is 4.87. The van der Waals surface area contributed by atoms with Gasteiger partial charge in [-0.15, -0.1) is 0 Å². The van der Waals surface area contributed by atoms with Crippen molar-refractivity contribution in [2.75, 3.05) is 13.1 Å². The van der Waals surface area contributed by atoms with Crippen molar-refractivity contribution in [2.24, 2.45) is 0 Å². The summed E-state index contributed by atoms with van der Waals surface area (Å²) in [6.07, 6.45) is 4.74. The summed E-state index contributed by atoms with van der Waals surface area (Å²) < 4.78 is 2.38. The van der Waals surface area contributed by atoms with Gasteiger partial charge in [-0.1, -0.05) is 27.7 Å². The highest BCUT2D eigenvalue weighted by molar-refractivity contribution is 5.71. The van der Waals surface area contributed by atoms with Crippen molar-refractivity contribution in [3.63, 3.8) is 0 Å². The molecule has 3 heterocycles. The normalized spacial score (nSPS) is 20.9. The molecule has 1 atom stereocenters. The van der Waals surface area contributed by atoms with E-state index in [0.717, 1.165) is 23.5 Å². The van der Waals surface area contributed by atoms with Gasteiger partial charge in [0, 0.05) is 18.2 Å². The lowest BCUT2D eigenvalue weighted by Crippen LogP contribution is -2.31. The SMILES string of the molecule is CCN1CCCC1n1c(C(C)(C)C)nc2cccnc21. The van der Waals surface area contributed by atoms with E-state index < -0.39 is 0 Å². The average Bonchev–Trinajstić information content (AvgIpc) is 3.01. The van der Waals surface area contributed by atoms with Crippen molar-refractivity contribution >= 4 is 11.2 Å². The smallest absolute Gasteiger partial charge is 0.161 e. The van der Waals surface area contributed by atoms with E-state index in [1.165, 1.54) is 19.4 Å². The fourth-order valence-electron chi connectivity index (χ4n) is 3.21. The lowest BCUT2D eigenvalue weighted by Gasteiger charge is -2.29. The second-order valence-corrected chi connectivity index (χ2v) is 6.65. The highest BCUT2D eigenvalue weighted by Gasteiger charge is 2.32. The van der Waals surface area contributed by atoms with Crippen LogP contribution in [0, 0.1) is 0 Å². The van der Waals surface area contributed by atoms with Gasteiger partial charge in [-0.3, -0.25) is 9.47 Å². The number of likely N-dealkylation sites (tertiary alicyclic amines) is 1. The van der Waals surface area contributed by atoms with E-state index in [4.69, 9.17) is 4.98 Å². The van der Waals surface area contributed by atoms with Gasteiger partial charge in [0.15, 0.2) is 5.65 Å². The van der Waals surface area contributed by atoms with Crippen molar-refractivity contribution in [2.45, 2.75) is 52.1 Å². The molecule has 20 heavy (non-hydrogen) atoms. The van der Waals surface area contributed by atoms with E-state index in [1.807, 2.05) is 12.3 Å². The molecule has 0 aromatic carbocycles. The largest absolute Gasteiger partial charge is 0.296 e. The molecule has 1 unspecified atom stereocenters. The van der Waals surface area contributed by atoms with Crippen molar-refractivity contribution in [3.05, 3.63) is 24.2 Å². The van der Waals surface area contributed by atoms with Crippen LogP contribution in [-0.2, 0) is 5.41 Å². The van der Waals surface area contributed by atoms with Gasteiger partial charge in [0.2, 0.25) is 0 Å². The van der Waals surface area contributed by atoms with Crippen LogP contribution >= 0.6 is 0 Å². The van der Waals surface area contributed by atoms with E-state index in [-0.39, 0.29) is 5.41 Å². The number of rotatable bonds is 2. The molecule has 0 bridgehead atoms. The molecule has 4 heteroatoms. The first-order chi connectivity index (χ1) is 9.52. The Bertz CT molecular complexity index is 608. The summed E-state index contributed by atoms with van der Waals surface area (Å²) in [6, 6.07) is 4.04. The molecule has 0 saturated carbocycles. The lowest BCUT2D eigenvalue weighted by atomic mass is 9.95. The predicted molar refractivity (Wildman–Crippen MR) is 81.7 cm³/mol. The van der Waals surface area contributed by atoms with Gasteiger partial charge in [-0.2, -0.15) is 0 Å². The van der Waals surface area contributed by atoms with Gasteiger partial charge in [-0.25, -0.2) is 9.97 Å². The van der Waals surface area contributed by atoms with E-state index in [2.05, 4.69) is 48.2 Å². The fourth-order valence-corrected chi connectivity index (χ4v) is 3.21. The van der Waals surface area contributed by atoms with Crippen LogP contribution in [0.15, 0.2) is 18.3 Å². The molecule has 0 radical (unpaired) electrons. The Morgan fingerprint density at radius 3 is 2.85 bits per heavy atom. The van der Waals surface area contributed by atoms with Crippen LogP contribution in [0.2, 0.25) is 0 Å². The second-order valence-electron chi connectivity index (χ2n) is 6.65. The van der Waals surface area contributed by atoms with Gasteiger partial charge >= 0.3 is 0 Å². The third kappa shape index (κ3) is 2.12. The Labute approximate surface area is 120 Å². The van der Waals surface area contributed by atoms with Gasteiger partial charge in [0.05, 0.1) is 6.17 Å². The fraction of sp³-hybridized carbons (Fsp3) is 0.625. The van der Waals surface area contributed by atoms with Gasteiger partial charge < -0.3 is 0 Å². The second kappa shape index (κ2) is 4.85. The summed E-state index contributed by atoms with van der Waals surface area (Å²) in [5.74, 6) is 1.15. The van der Waals surface area contributed by atoms with Crippen molar-refractivity contribution in [1.29, 1.82) is 0 Å². The quantitative estimate of drug-likeness (QED) is 0.841. The first-order valence-corrected chi connectivity index (χ1v) is 7.60. The number of nitrogens with zero attached hydrogens (tertiary/aromatic N) is 4. The third-order valence-electron chi connectivity index (χ3n) is 4.15. The maximum atomic E-state index is 4.87. The minimum absolute atomic E-state index is 0.0305. The molecule has 0 amide bonds. The zero-order valence-corrected chi connectivity index (χ0v) is 12.9. The van der Waals surface area contributed by atoms with Gasteiger partial charge in [0.1, 0.15) is 11.3 Å². The molecule has 1 aliphatic rings. The van der Waals surface area contributed by atoms with Crippen LogP contribution in [0.5, 0.6) is 0 Å². The summed E-state index contributed by atoms with van der Waals surface area (Å²) >= 11 is 0. The topological polar surface area (TPSA) is 34.0 Å². The minimum atomic E-state index is 0.0305. The number of aromatic nitrogens is 3. The van der Waals surface area contributed by atoms with E-state index >= 15 is 0 Å². The molecule has 2 aromatic rings. The molecule has 108 valence electrons. The van der Waals surface area contributed by atoms with E-state index in [0.29, 0.717) is 6.17 Å². The van der Waals surface area contributed by atoms with E-state index in [1.54, 1.807) is 0 Å². The Morgan fingerprint density at radius 1 is 1.35 bits per heavy atom. The van der Waals surface area contributed by atoms with Crippen LogP contribution in [0.25, 0.3) is 11.2 Å². The van der Waals surface area contributed by atoms with E-state index in [9.17, 15) is 0 Å². The number of fused-ring (bicyclic) bond motifs is 1. The molecule has 1 aliphatic heterocycles. The molecular weight excluding hydrogens is 248 g/mol. The number of pyridine rings is 1. The molecule has 0 spiro atoms. The Hall–Kier alpha value is -1.42. The van der Waals surface area contributed by atoms with Crippen LogP contribution < -0.4 is 0 Å². The number of hydrogen-bond acceptors (Lipinski definition) is 3. The lowest BCUT2D eigenvalue weighted by molar-refractivity contribution is 0.198. The molecule has 2 aromatic heterocycles. The molecule has 0 aliphatic carbocycles. The zero-order valence-electron chi connectivity index (χ0n) is 12.9. The van der Waals surface area contributed by atoms with Crippen LogP contribution in [-0.4, -0.2) is 32.5 Å². The molecule has 1 saturated heterocycles. The summed E-state index contributed by atoms with van der Waals surface area (Å²) in [7, 11) is 0. The molecule has 3 rings (SSSR count). The van der Waals surface area contributed by atoms with Crippen molar-refractivity contribution in [3.8, 4) is 0 Å². The highest BCUT2D eigenvalue weighted by atomic mass is 15.3. The van der Waals surface area contributed by atoms with Crippen LogP contribution in [0.1, 0.15) is 52.5 Å². The summed E-state index contributed by atoms with van der Waals surface area (Å²) in [5, 5.41) is 0. The van der Waals surface area contributed by atoms with Crippen molar-refractivity contribution < 1.29 is 0 Å². The average molecular weight is 272 g/mol. The highest BCUT2D eigenvalue weighted by Crippen LogP contribution is 2.34. The Kier molecular flexibility index (Phi) is 3.28. The minimum Gasteiger partial charge on any atom is -0.296 e. The first kappa shape index (κ1) is 13.6.